The van der Waals surface area contributed by atoms with E-state index in [9.17, 15) is 9.59 Å². The Hall–Kier alpha value is -0.710. The second-order valence-corrected chi connectivity index (χ2v) is 11.2. The van der Waals surface area contributed by atoms with Crippen molar-refractivity contribution in [1.82, 2.24) is 0 Å². The van der Waals surface area contributed by atoms with Crippen molar-refractivity contribution in [3.63, 3.8) is 0 Å². The Morgan fingerprint density at radius 3 is 2.29 bits per heavy atom. The number of benzene rings is 1. The molecule has 2 saturated carbocycles. The van der Waals surface area contributed by atoms with Gasteiger partial charge >= 0.3 is 0 Å². The fourth-order valence-electron chi connectivity index (χ4n) is 3.85. The largest absolute Gasteiger partial charge is 0.325 e. The number of hydrogen-bond acceptors (Lipinski definition) is 3. The number of nitrogens with one attached hydrogen (secondary N) is 1. The van der Waals surface area contributed by atoms with E-state index in [4.69, 9.17) is 23.2 Å². The first-order chi connectivity index (χ1) is 13.1. The third-order valence-corrected chi connectivity index (χ3v) is 7.83. The minimum atomic E-state index is -0.491. The number of rotatable bonds is 5. The highest BCUT2D eigenvalue weighted by Gasteiger charge is 2.43. The lowest BCUT2D eigenvalue weighted by molar-refractivity contribution is -0.128. The summed E-state index contributed by atoms with van der Waals surface area (Å²) in [5.74, 6) is 0.761. The van der Waals surface area contributed by atoms with Gasteiger partial charge in [0.1, 0.15) is 0 Å². The Balaban J connectivity index is 1.86. The van der Waals surface area contributed by atoms with Crippen molar-refractivity contribution >= 4 is 51.7 Å². The summed E-state index contributed by atoms with van der Waals surface area (Å²) in [6.07, 6.45) is 8.75. The van der Waals surface area contributed by atoms with Crippen molar-refractivity contribution in [1.29, 1.82) is 0 Å². The molecule has 0 radical (unpaired) electrons. The minimum absolute atomic E-state index is 0.0201. The normalized spacial score (nSPS) is 19.3. The van der Waals surface area contributed by atoms with Gasteiger partial charge in [0.25, 0.3) is 0 Å². The Labute approximate surface area is 182 Å². The van der Waals surface area contributed by atoms with E-state index in [1.165, 1.54) is 19.3 Å². The molecule has 1 N–H and O–H groups in total. The van der Waals surface area contributed by atoms with Crippen LogP contribution in [0.25, 0.3) is 0 Å². The van der Waals surface area contributed by atoms with Crippen LogP contribution in [0, 0.1) is 16.7 Å². The number of amides is 1. The second kappa shape index (κ2) is 8.57. The first-order valence-electron chi connectivity index (χ1n) is 10.1. The zero-order chi connectivity index (χ0) is 20.5. The molecule has 0 bridgehead atoms. The molecular formula is C22H29Cl2NO2S. The molecular weight excluding hydrogens is 413 g/mol. The Morgan fingerprint density at radius 1 is 1.11 bits per heavy atom. The molecule has 0 aromatic heterocycles. The van der Waals surface area contributed by atoms with Crippen LogP contribution in [0.4, 0.5) is 5.69 Å². The molecule has 0 saturated heterocycles. The minimum Gasteiger partial charge on any atom is -0.325 e. The van der Waals surface area contributed by atoms with Gasteiger partial charge in [-0.1, -0.05) is 76.1 Å². The van der Waals surface area contributed by atoms with E-state index in [1.54, 1.807) is 12.1 Å². The summed E-state index contributed by atoms with van der Waals surface area (Å²) in [5, 5.41) is 3.91. The summed E-state index contributed by atoms with van der Waals surface area (Å²) in [7, 11) is 0. The zero-order valence-electron chi connectivity index (χ0n) is 16.9. The highest BCUT2D eigenvalue weighted by molar-refractivity contribution is 8.13. The van der Waals surface area contributed by atoms with Gasteiger partial charge < -0.3 is 5.32 Å². The van der Waals surface area contributed by atoms with Gasteiger partial charge in [0, 0.05) is 15.7 Å². The fourth-order valence-corrected chi connectivity index (χ4v) is 5.14. The molecule has 154 valence electrons. The summed E-state index contributed by atoms with van der Waals surface area (Å²) < 4.78 is 0. The highest BCUT2D eigenvalue weighted by Crippen LogP contribution is 2.49. The third-order valence-electron chi connectivity index (χ3n) is 5.75. The van der Waals surface area contributed by atoms with Crippen LogP contribution >= 0.6 is 35.0 Å². The van der Waals surface area contributed by atoms with E-state index in [1.807, 2.05) is 20.8 Å². The van der Waals surface area contributed by atoms with Crippen molar-refractivity contribution in [2.75, 3.05) is 5.32 Å². The van der Waals surface area contributed by atoms with Gasteiger partial charge in [-0.2, -0.15) is 0 Å². The lowest BCUT2D eigenvalue weighted by atomic mass is 9.70. The number of halogens is 2. The maximum absolute atomic E-state index is 13.4. The van der Waals surface area contributed by atoms with Gasteiger partial charge in [-0.25, -0.2) is 0 Å². The van der Waals surface area contributed by atoms with Gasteiger partial charge in [-0.05, 0) is 49.1 Å². The van der Waals surface area contributed by atoms with Crippen molar-refractivity contribution in [3.05, 3.63) is 22.2 Å². The summed E-state index contributed by atoms with van der Waals surface area (Å²) in [6.45, 7) is 5.64. The molecule has 3 rings (SSSR count). The summed E-state index contributed by atoms with van der Waals surface area (Å²) in [5.41, 5.74) is -0.196. The predicted octanol–water partition coefficient (Wildman–Crippen LogP) is 7.35. The van der Waals surface area contributed by atoms with Gasteiger partial charge in [0.05, 0.1) is 15.7 Å². The molecule has 0 aliphatic heterocycles. The number of hydrogen-bond donors (Lipinski definition) is 1. The van der Waals surface area contributed by atoms with E-state index in [2.05, 4.69) is 5.32 Å². The summed E-state index contributed by atoms with van der Waals surface area (Å²) in [6, 6.07) is 3.36. The van der Waals surface area contributed by atoms with Crippen molar-refractivity contribution in [2.45, 2.75) is 77.0 Å². The number of carbonyl (C=O) groups excluding carboxylic acids is 2. The highest BCUT2D eigenvalue weighted by atomic mass is 35.5. The standard InChI is InChI=1S/C22H29Cl2NO2S/c1-21(2,3)20(27)28-18-12-16(24)15(23)11-17(18)25-19(26)22(13-14-7-8-14)9-5-4-6-10-22/h11-12,14H,4-10,13H2,1-3H3,(H,25,26). The molecule has 2 aliphatic rings. The number of carbonyl (C=O) groups is 2. The van der Waals surface area contributed by atoms with Crippen LogP contribution in [0.3, 0.4) is 0 Å². The molecule has 1 amide bonds. The monoisotopic (exact) mass is 441 g/mol. The zero-order valence-corrected chi connectivity index (χ0v) is 19.2. The first-order valence-corrected chi connectivity index (χ1v) is 11.7. The fraction of sp³-hybridized carbons (Fsp3) is 0.636. The van der Waals surface area contributed by atoms with E-state index in [-0.39, 0.29) is 16.4 Å². The summed E-state index contributed by atoms with van der Waals surface area (Å²) >= 11 is 13.6. The van der Waals surface area contributed by atoms with Crippen molar-refractivity contribution in [2.24, 2.45) is 16.7 Å². The van der Waals surface area contributed by atoms with Gasteiger partial charge in [0.15, 0.2) is 5.12 Å². The molecule has 0 heterocycles. The topological polar surface area (TPSA) is 46.2 Å². The summed E-state index contributed by atoms with van der Waals surface area (Å²) in [4.78, 5) is 26.6. The van der Waals surface area contributed by atoms with E-state index < -0.39 is 5.41 Å². The lowest BCUT2D eigenvalue weighted by Crippen LogP contribution is -2.38. The van der Waals surface area contributed by atoms with Crippen LogP contribution < -0.4 is 5.32 Å². The average Bonchev–Trinajstić information content (AvgIpc) is 3.43. The van der Waals surface area contributed by atoms with Crippen LogP contribution in [0.2, 0.25) is 10.0 Å². The third kappa shape index (κ3) is 5.25. The lowest BCUT2D eigenvalue weighted by Gasteiger charge is -2.36. The first kappa shape index (κ1) is 22.0. The molecule has 6 heteroatoms. The van der Waals surface area contributed by atoms with Crippen LogP contribution in [0.1, 0.15) is 72.1 Å². The maximum Gasteiger partial charge on any atom is 0.230 e. The predicted molar refractivity (Wildman–Crippen MR) is 118 cm³/mol. The molecule has 0 unspecified atom stereocenters. The molecule has 0 atom stereocenters. The van der Waals surface area contributed by atoms with Crippen LogP contribution in [0.5, 0.6) is 0 Å². The second-order valence-electron chi connectivity index (χ2n) is 9.34. The van der Waals surface area contributed by atoms with E-state index >= 15 is 0 Å². The quantitative estimate of drug-likeness (QED) is 0.485. The SMILES string of the molecule is CC(C)(C)C(=O)Sc1cc(Cl)c(Cl)cc1NC(=O)C1(CC2CC2)CCCCC1. The Bertz CT molecular complexity index is 763. The van der Waals surface area contributed by atoms with Crippen LogP contribution in [-0.4, -0.2) is 11.0 Å². The van der Waals surface area contributed by atoms with Crippen LogP contribution in [-0.2, 0) is 9.59 Å². The molecule has 3 nitrogen and oxygen atoms in total. The van der Waals surface area contributed by atoms with E-state index in [0.717, 1.165) is 43.9 Å². The molecule has 28 heavy (non-hydrogen) atoms. The van der Waals surface area contributed by atoms with Gasteiger partial charge in [-0.15, -0.1) is 0 Å². The number of thioether (sulfide) groups is 1. The van der Waals surface area contributed by atoms with Gasteiger partial charge in [0.2, 0.25) is 5.91 Å². The smallest absolute Gasteiger partial charge is 0.230 e. The number of anilines is 1. The van der Waals surface area contributed by atoms with Crippen molar-refractivity contribution in [3.8, 4) is 0 Å². The molecule has 0 spiro atoms. The maximum atomic E-state index is 13.4. The van der Waals surface area contributed by atoms with E-state index in [0.29, 0.717) is 26.5 Å². The molecule has 2 fully saturated rings. The van der Waals surface area contributed by atoms with Crippen molar-refractivity contribution < 1.29 is 9.59 Å². The molecule has 2 aliphatic carbocycles. The molecule has 1 aromatic carbocycles. The Morgan fingerprint density at radius 2 is 1.71 bits per heavy atom. The average molecular weight is 442 g/mol. The van der Waals surface area contributed by atoms with Gasteiger partial charge in [-0.3, -0.25) is 9.59 Å². The molecule has 1 aromatic rings. The van der Waals surface area contributed by atoms with Crippen LogP contribution in [0.15, 0.2) is 17.0 Å². The Kier molecular flexibility index (Phi) is 6.73.